The zero-order chi connectivity index (χ0) is 14.8. The number of aryl methyl sites for hydroxylation is 3. The Balaban J connectivity index is 1.87. The molecule has 0 saturated carbocycles. The fourth-order valence-corrected chi connectivity index (χ4v) is 2.61. The Hall–Kier alpha value is -2.08. The number of hydrogen-bond acceptors (Lipinski definition) is 6. The maximum atomic E-state index is 4.63. The molecule has 2 aromatic heterocycles. The molecule has 1 saturated heterocycles. The van der Waals surface area contributed by atoms with Crippen molar-refractivity contribution in [3.05, 3.63) is 35.0 Å². The van der Waals surface area contributed by atoms with Crippen molar-refractivity contribution < 1.29 is 0 Å². The molecule has 2 N–H and O–H groups in total. The second-order valence-electron chi connectivity index (χ2n) is 5.54. The van der Waals surface area contributed by atoms with Crippen molar-refractivity contribution in [2.45, 2.75) is 33.1 Å². The number of nitrogens with zero attached hydrogens (tertiary/aromatic N) is 4. The van der Waals surface area contributed by atoms with E-state index in [1.54, 1.807) is 0 Å². The molecule has 21 heavy (non-hydrogen) atoms. The van der Waals surface area contributed by atoms with E-state index in [1.807, 2.05) is 32.9 Å². The normalized spacial score (nSPS) is 18.0. The molecule has 0 aromatic carbocycles. The van der Waals surface area contributed by atoms with Gasteiger partial charge in [0.25, 0.3) is 0 Å². The minimum absolute atomic E-state index is 0.394. The van der Waals surface area contributed by atoms with Crippen LogP contribution in [0.15, 0.2) is 12.1 Å². The maximum Gasteiger partial charge on any atom is 0.228 e. The van der Waals surface area contributed by atoms with Crippen LogP contribution in [0, 0.1) is 20.8 Å². The van der Waals surface area contributed by atoms with Crippen LogP contribution in [-0.4, -0.2) is 33.0 Å². The Morgan fingerprint density at radius 2 is 1.71 bits per heavy atom. The number of hydrogen-bond donors (Lipinski definition) is 2. The van der Waals surface area contributed by atoms with Gasteiger partial charge in [0, 0.05) is 35.6 Å². The lowest BCUT2D eigenvalue weighted by Crippen LogP contribution is -2.12. The Morgan fingerprint density at radius 3 is 2.38 bits per heavy atom. The maximum absolute atomic E-state index is 4.63. The first-order valence-corrected chi connectivity index (χ1v) is 7.26. The fourth-order valence-electron chi connectivity index (χ4n) is 2.61. The number of rotatable bonds is 3. The van der Waals surface area contributed by atoms with E-state index in [1.165, 1.54) is 0 Å². The van der Waals surface area contributed by atoms with E-state index in [0.29, 0.717) is 11.9 Å². The Bertz CT molecular complexity index is 628. The summed E-state index contributed by atoms with van der Waals surface area (Å²) in [6.07, 6.45) is 1.09. The van der Waals surface area contributed by atoms with Gasteiger partial charge in [0.1, 0.15) is 11.6 Å². The summed E-state index contributed by atoms with van der Waals surface area (Å²) in [4.78, 5) is 18.0. The van der Waals surface area contributed by atoms with Crippen molar-refractivity contribution in [1.82, 2.24) is 25.3 Å². The van der Waals surface area contributed by atoms with Crippen molar-refractivity contribution in [2.24, 2.45) is 0 Å². The van der Waals surface area contributed by atoms with Gasteiger partial charge in [-0.15, -0.1) is 0 Å². The molecule has 0 unspecified atom stereocenters. The van der Waals surface area contributed by atoms with Crippen LogP contribution in [0.3, 0.4) is 0 Å². The molecule has 1 aliphatic rings. The van der Waals surface area contributed by atoms with E-state index in [2.05, 4.69) is 30.6 Å². The third kappa shape index (κ3) is 3.33. The number of aromatic nitrogens is 4. The summed E-state index contributed by atoms with van der Waals surface area (Å²) in [5.41, 5.74) is 2.84. The Labute approximate surface area is 124 Å². The standard InChI is InChI=1S/C15H20N6/c1-9-6-10(2)19-15(18-9)21-13-7-11(3)17-14(20-13)12-4-5-16-8-12/h6-7,12,16H,4-5,8H2,1-3H3,(H,17,18,19,20,21)/t12-/m0/s1. The van der Waals surface area contributed by atoms with E-state index in [0.717, 1.165) is 48.2 Å². The second-order valence-corrected chi connectivity index (χ2v) is 5.54. The summed E-state index contributed by atoms with van der Waals surface area (Å²) in [5, 5.41) is 6.55. The van der Waals surface area contributed by atoms with Gasteiger partial charge < -0.3 is 10.6 Å². The van der Waals surface area contributed by atoms with E-state index >= 15 is 0 Å². The molecule has 0 radical (unpaired) electrons. The van der Waals surface area contributed by atoms with Gasteiger partial charge in [-0.25, -0.2) is 19.9 Å². The number of nitrogens with one attached hydrogen (secondary N) is 2. The van der Waals surface area contributed by atoms with Crippen LogP contribution in [0.5, 0.6) is 0 Å². The molecule has 0 spiro atoms. The molecule has 6 heteroatoms. The second kappa shape index (κ2) is 5.73. The highest BCUT2D eigenvalue weighted by molar-refractivity contribution is 5.48. The van der Waals surface area contributed by atoms with Crippen molar-refractivity contribution in [2.75, 3.05) is 18.4 Å². The third-order valence-electron chi connectivity index (χ3n) is 3.52. The van der Waals surface area contributed by atoms with Gasteiger partial charge in [0.15, 0.2) is 0 Å². The summed E-state index contributed by atoms with van der Waals surface area (Å²) >= 11 is 0. The fraction of sp³-hybridized carbons (Fsp3) is 0.467. The molecule has 3 heterocycles. The lowest BCUT2D eigenvalue weighted by Gasteiger charge is -2.11. The van der Waals surface area contributed by atoms with Gasteiger partial charge in [-0.3, -0.25) is 0 Å². The highest BCUT2D eigenvalue weighted by atomic mass is 15.2. The van der Waals surface area contributed by atoms with Gasteiger partial charge in [-0.1, -0.05) is 0 Å². The topological polar surface area (TPSA) is 75.6 Å². The van der Waals surface area contributed by atoms with Crippen LogP contribution in [0.4, 0.5) is 11.8 Å². The molecule has 0 amide bonds. The number of anilines is 2. The van der Waals surface area contributed by atoms with Crippen LogP contribution in [0.1, 0.15) is 35.2 Å². The van der Waals surface area contributed by atoms with Crippen molar-refractivity contribution in [1.29, 1.82) is 0 Å². The van der Waals surface area contributed by atoms with Crippen LogP contribution in [0.25, 0.3) is 0 Å². The predicted octanol–water partition coefficient (Wildman–Crippen LogP) is 2.01. The van der Waals surface area contributed by atoms with E-state index < -0.39 is 0 Å². The summed E-state index contributed by atoms with van der Waals surface area (Å²) in [5.74, 6) is 2.63. The lowest BCUT2D eigenvalue weighted by atomic mass is 10.1. The van der Waals surface area contributed by atoms with Gasteiger partial charge in [-0.05, 0) is 39.8 Å². The van der Waals surface area contributed by atoms with Crippen LogP contribution in [0.2, 0.25) is 0 Å². The summed E-state index contributed by atoms with van der Waals surface area (Å²) in [6.45, 7) is 7.89. The summed E-state index contributed by atoms with van der Waals surface area (Å²) in [6, 6.07) is 3.87. The molecule has 1 fully saturated rings. The summed E-state index contributed by atoms with van der Waals surface area (Å²) < 4.78 is 0. The first-order valence-electron chi connectivity index (χ1n) is 7.26. The van der Waals surface area contributed by atoms with Crippen LogP contribution >= 0.6 is 0 Å². The molecule has 0 bridgehead atoms. The molecule has 110 valence electrons. The van der Waals surface area contributed by atoms with Gasteiger partial charge in [0.05, 0.1) is 0 Å². The highest BCUT2D eigenvalue weighted by Gasteiger charge is 2.20. The van der Waals surface area contributed by atoms with Gasteiger partial charge >= 0.3 is 0 Å². The Morgan fingerprint density at radius 1 is 1.00 bits per heavy atom. The van der Waals surface area contributed by atoms with Gasteiger partial charge in [-0.2, -0.15) is 0 Å². The van der Waals surface area contributed by atoms with Crippen LogP contribution in [-0.2, 0) is 0 Å². The van der Waals surface area contributed by atoms with Crippen molar-refractivity contribution in [3.8, 4) is 0 Å². The molecule has 6 nitrogen and oxygen atoms in total. The van der Waals surface area contributed by atoms with Crippen molar-refractivity contribution in [3.63, 3.8) is 0 Å². The van der Waals surface area contributed by atoms with Crippen LogP contribution < -0.4 is 10.6 Å². The molecule has 0 aliphatic carbocycles. The minimum atomic E-state index is 0.394. The van der Waals surface area contributed by atoms with E-state index in [9.17, 15) is 0 Å². The monoisotopic (exact) mass is 284 g/mol. The van der Waals surface area contributed by atoms with E-state index in [4.69, 9.17) is 0 Å². The summed E-state index contributed by atoms with van der Waals surface area (Å²) in [7, 11) is 0. The quantitative estimate of drug-likeness (QED) is 0.898. The molecule has 1 atom stereocenters. The zero-order valence-electron chi connectivity index (χ0n) is 12.6. The Kier molecular flexibility index (Phi) is 3.79. The van der Waals surface area contributed by atoms with E-state index in [-0.39, 0.29) is 0 Å². The highest BCUT2D eigenvalue weighted by Crippen LogP contribution is 2.21. The first kappa shape index (κ1) is 13.9. The average molecular weight is 284 g/mol. The van der Waals surface area contributed by atoms with Crippen molar-refractivity contribution >= 4 is 11.8 Å². The minimum Gasteiger partial charge on any atom is -0.316 e. The molecule has 1 aliphatic heterocycles. The molecular formula is C15H20N6. The molecule has 3 rings (SSSR count). The molecule has 2 aromatic rings. The predicted molar refractivity (Wildman–Crippen MR) is 81.8 cm³/mol. The SMILES string of the molecule is Cc1cc(C)nc(Nc2cc(C)nc([C@H]3CCNC3)n2)n1. The molecular weight excluding hydrogens is 264 g/mol. The lowest BCUT2D eigenvalue weighted by molar-refractivity contribution is 0.698. The van der Waals surface area contributed by atoms with Gasteiger partial charge in [0.2, 0.25) is 5.95 Å². The average Bonchev–Trinajstić information content (AvgIpc) is 2.90. The first-order chi connectivity index (χ1) is 10.1. The third-order valence-corrected chi connectivity index (χ3v) is 3.52. The zero-order valence-corrected chi connectivity index (χ0v) is 12.6. The largest absolute Gasteiger partial charge is 0.316 e. The smallest absolute Gasteiger partial charge is 0.228 e.